The Morgan fingerprint density at radius 3 is 2.52 bits per heavy atom. The highest BCUT2D eigenvalue weighted by Gasteiger charge is 2.52. The highest BCUT2D eigenvalue weighted by Crippen LogP contribution is 2.45. The van der Waals surface area contributed by atoms with Gasteiger partial charge in [-0.15, -0.1) is 0 Å². The molecule has 0 bridgehead atoms. The first kappa shape index (κ1) is 16.9. The summed E-state index contributed by atoms with van der Waals surface area (Å²) in [5.74, 6) is -1.33. The van der Waals surface area contributed by atoms with Gasteiger partial charge >= 0.3 is 0 Å². The van der Waals surface area contributed by atoms with Crippen LogP contribution in [0.3, 0.4) is 0 Å². The number of likely N-dealkylation sites (N-methyl/N-ethyl adjacent to an activating group) is 1. The van der Waals surface area contributed by atoms with E-state index in [2.05, 4.69) is 4.90 Å². The normalized spacial score (nSPS) is 23.8. The maximum Gasteiger partial charge on any atom is 0.254 e. The molecule has 3 fully saturated rings. The Hall–Kier alpha value is -1.53. The number of benzene rings is 1. The molecule has 0 radical (unpaired) electrons. The molecular formula is C19H24F2N2O2. The van der Waals surface area contributed by atoms with Crippen LogP contribution >= 0.6 is 0 Å². The van der Waals surface area contributed by atoms with Crippen molar-refractivity contribution in [2.75, 3.05) is 26.7 Å². The van der Waals surface area contributed by atoms with Crippen molar-refractivity contribution >= 4 is 5.91 Å². The number of carbonyl (C=O) groups excluding carboxylic acids is 1. The van der Waals surface area contributed by atoms with E-state index in [1.54, 1.807) is 11.9 Å². The van der Waals surface area contributed by atoms with Crippen molar-refractivity contribution < 1.29 is 18.7 Å². The molecule has 2 aliphatic carbocycles. The van der Waals surface area contributed by atoms with Crippen molar-refractivity contribution in [3.8, 4) is 0 Å². The summed E-state index contributed by atoms with van der Waals surface area (Å²) in [5.41, 5.74) is -0.360. The average Bonchev–Trinajstić information content (AvgIpc) is 3.43. The molecule has 4 rings (SSSR count). The van der Waals surface area contributed by atoms with Crippen LogP contribution in [0.25, 0.3) is 0 Å². The fourth-order valence-corrected chi connectivity index (χ4v) is 4.05. The summed E-state index contributed by atoms with van der Waals surface area (Å²) in [5, 5.41) is 10.5. The van der Waals surface area contributed by atoms with Gasteiger partial charge in [-0.2, -0.15) is 0 Å². The van der Waals surface area contributed by atoms with E-state index in [9.17, 15) is 18.7 Å². The van der Waals surface area contributed by atoms with Crippen molar-refractivity contribution in [2.45, 2.75) is 37.3 Å². The van der Waals surface area contributed by atoms with Crippen LogP contribution in [0.2, 0.25) is 0 Å². The number of likely N-dealkylation sites (tertiary alicyclic amines) is 1. The SMILES string of the molecule is CN(C(=O)c1ccc(F)c(F)c1)[C@H](CN1CC(O)(C2CC2)C1)C1CC1. The third-order valence-electron chi connectivity index (χ3n) is 5.93. The molecule has 1 aromatic carbocycles. The molecule has 1 saturated heterocycles. The zero-order valence-electron chi connectivity index (χ0n) is 14.4. The van der Waals surface area contributed by atoms with Gasteiger partial charge in [-0.1, -0.05) is 0 Å². The Labute approximate surface area is 146 Å². The third-order valence-corrected chi connectivity index (χ3v) is 5.93. The Morgan fingerprint density at radius 2 is 1.96 bits per heavy atom. The van der Waals surface area contributed by atoms with Crippen LogP contribution in [-0.4, -0.2) is 59.1 Å². The Balaban J connectivity index is 1.41. The van der Waals surface area contributed by atoms with Gasteiger partial charge in [0.1, 0.15) is 0 Å². The van der Waals surface area contributed by atoms with Crippen molar-refractivity contribution in [3.05, 3.63) is 35.4 Å². The van der Waals surface area contributed by atoms with Gasteiger partial charge in [0.25, 0.3) is 5.91 Å². The Bertz CT molecular complexity index is 682. The van der Waals surface area contributed by atoms with E-state index in [1.165, 1.54) is 6.07 Å². The van der Waals surface area contributed by atoms with Crippen LogP contribution < -0.4 is 0 Å². The number of hydrogen-bond acceptors (Lipinski definition) is 3. The van der Waals surface area contributed by atoms with Crippen molar-refractivity contribution in [3.63, 3.8) is 0 Å². The van der Waals surface area contributed by atoms with Crippen molar-refractivity contribution in [2.24, 2.45) is 11.8 Å². The average molecular weight is 350 g/mol. The number of β-amino-alcohol motifs (C(OH)–C–C–N with tert-alkyl or cyclic N) is 1. The van der Waals surface area contributed by atoms with E-state index in [4.69, 9.17) is 0 Å². The van der Waals surface area contributed by atoms with Gasteiger partial charge in [0.15, 0.2) is 11.6 Å². The molecule has 1 aliphatic heterocycles. The summed E-state index contributed by atoms with van der Waals surface area (Å²) in [6.45, 7) is 2.08. The molecule has 1 amide bonds. The van der Waals surface area contributed by atoms with Gasteiger partial charge in [-0.25, -0.2) is 8.78 Å². The van der Waals surface area contributed by atoms with Crippen LogP contribution in [0.1, 0.15) is 36.0 Å². The first-order chi connectivity index (χ1) is 11.9. The smallest absolute Gasteiger partial charge is 0.254 e. The second kappa shape index (κ2) is 6.02. The van der Waals surface area contributed by atoms with Crippen LogP contribution in [0.4, 0.5) is 8.78 Å². The lowest BCUT2D eigenvalue weighted by Gasteiger charge is -2.49. The molecular weight excluding hydrogens is 326 g/mol. The Morgan fingerprint density at radius 1 is 1.28 bits per heavy atom. The zero-order valence-corrected chi connectivity index (χ0v) is 14.4. The first-order valence-electron chi connectivity index (χ1n) is 9.04. The molecule has 6 heteroatoms. The second-order valence-electron chi connectivity index (χ2n) is 8.00. The summed E-state index contributed by atoms with van der Waals surface area (Å²) >= 11 is 0. The monoisotopic (exact) mass is 350 g/mol. The summed E-state index contributed by atoms with van der Waals surface area (Å²) in [4.78, 5) is 16.6. The van der Waals surface area contributed by atoms with Gasteiger partial charge in [0, 0.05) is 38.3 Å². The molecule has 1 atom stereocenters. The predicted molar refractivity (Wildman–Crippen MR) is 89.1 cm³/mol. The summed E-state index contributed by atoms with van der Waals surface area (Å²) < 4.78 is 26.5. The Kier molecular flexibility index (Phi) is 4.07. The molecule has 2 saturated carbocycles. The number of hydrogen-bond donors (Lipinski definition) is 1. The van der Waals surface area contributed by atoms with Crippen molar-refractivity contribution in [1.29, 1.82) is 0 Å². The number of halogens is 2. The van der Waals surface area contributed by atoms with Crippen LogP contribution in [0.15, 0.2) is 18.2 Å². The van der Waals surface area contributed by atoms with Gasteiger partial charge in [0.05, 0.1) is 5.60 Å². The molecule has 4 nitrogen and oxygen atoms in total. The minimum Gasteiger partial charge on any atom is -0.387 e. The zero-order chi connectivity index (χ0) is 17.8. The van der Waals surface area contributed by atoms with Crippen LogP contribution in [-0.2, 0) is 0 Å². The van der Waals surface area contributed by atoms with E-state index in [0.717, 1.165) is 44.4 Å². The van der Waals surface area contributed by atoms with Crippen molar-refractivity contribution in [1.82, 2.24) is 9.80 Å². The maximum atomic E-state index is 13.4. The lowest BCUT2D eigenvalue weighted by molar-refractivity contribution is -0.118. The fraction of sp³-hybridized carbons (Fsp3) is 0.632. The van der Waals surface area contributed by atoms with Gasteiger partial charge in [-0.3, -0.25) is 9.69 Å². The first-order valence-corrected chi connectivity index (χ1v) is 9.04. The molecule has 1 N–H and O–H groups in total. The highest BCUT2D eigenvalue weighted by atomic mass is 19.2. The second-order valence-corrected chi connectivity index (χ2v) is 8.00. The lowest BCUT2D eigenvalue weighted by Crippen LogP contribution is -2.65. The highest BCUT2D eigenvalue weighted by molar-refractivity contribution is 5.94. The molecule has 0 spiro atoms. The van der Waals surface area contributed by atoms with Gasteiger partial charge in [0.2, 0.25) is 0 Å². The van der Waals surface area contributed by atoms with Crippen LogP contribution in [0, 0.1) is 23.5 Å². The number of aliphatic hydroxyl groups is 1. The third kappa shape index (κ3) is 3.29. The van der Waals surface area contributed by atoms with E-state index < -0.39 is 17.2 Å². The minimum absolute atomic E-state index is 0.0457. The number of carbonyl (C=O) groups is 1. The quantitative estimate of drug-likeness (QED) is 0.856. The summed E-state index contributed by atoms with van der Waals surface area (Å²) in [6, 6.07) is 3.34. The van der Waals surface area contributed by atoms with E-state index in [1.807, 2.05) is 0 Å². The van der Waals surface area contributed by atoms with Gasteiger partial charge < -0.3 is 10.0 Å². The lowest BCUT2D eigenvalue weighted by atomic mass is 9.88. The molecule has 1 heterocycles. The molecule has 136 valence electrons. The summed E-state index contributed by atoms with van der Waals surface area (Å²) in [6.07, 6.45) is 4.40. The molecule has 0 unspecified atom stereocenters. The van der Waals surface area contributed by atoms with E-state index >= 15 is 0 Å². The molecule has 0 aromatic heterocycles. The largest absolute Gasteiger partial charge is 0.387 e. The number of rotatable bonds is 6. The number of nitrogens with zero attached hydrogens (tertiary/aromatic N) is 2. The molecule has 3 aliphatic rings. The topological polar surface area (TPSA) is 43.8 Å². The molecule has 25 heavy (non-hydrogen) atoms. The maximum absolute atomic E-state index is 13.4. The van der Waals surface area contributed by atoms with Gasteiger partial charge in [-0.05, 0) is 55.7 Å². The number of amides is 1. The summed E-state index contributed by atoms with van der Waals surface area (Å²) in [7, 11) is 1.74. The van der Waals surface area contributed by atoms with Crippen LogP contribution in [0.5, 0.6) is 0 Å². The van der Waals surface area contributed by atoms with E-state index in [0.29, 0.717) is 24.9 Å². The molecule has 1 aromatic rings. The van der Waals surface area contributed by atoms with E-state index in [-0.39, 0.29) is 17.5 Å². The standard InChI is InChI=1S/C19H24F2N2O2/c1-22(18(24)13-4-7-15(20)16(21)8-13)17(12-2-3-12)9-23-10-19(25,11-23)14-5-6-14/h4,7-8,12,14,17,25H,2-3,5-6,9-11H2,1H3/t17-/m1/s1. The predicted octanol–water partition coefficient (Wildman–Crippen LogP) is 2.27. The fourth-order valence-electron chi connectivity index (χ4n) is 4.05. The minimum atomic E-state index is -1.00.